The van der Waals surface area contributed by atoms with Gasteiger partial charge in [0.1, 0.15) is 0 Å². The van der Waals surface area contributed by atoms with E-state index in [1.807, 2.05) is 78.9 Å². The predicted molar refractivity (Wildman–Crippen MR) is 120 cm³/mol. The van der Waals surface area contributed by atoms with Crippen LogP contribution in [-0.2, 0) is 14.3 Å². The summed E-state index contributed by atoms with van der Waals surface area (Å²) in [6.07, 6.45) is 0.278. The average molecular weight is 433 g/mol. The lowest BCUT2D eigenvalue weighted by molar-refractivity contribution is -0.158. The van der Waals surface area contributed by atoms with E-state index in [4.69, 9.17) is 16.3 Å². The van der Waals surface area contributed by atoms with Gasteiger partial charge in [-0.1, -0.05) is 60.1 Å². The lowest BCUT2D eigenvalue weighted by atomic mass is 9.72. The molecule has 1 amide bonds. The van der Waals surface area contributed by atoms with Crippen LogP contribution in [0.25, 0.3) is 0 Å². The number of nitrogens with zero attached hydrogens (tertiary/aromatic N) is 1. The number of para-hydroxylation sites is 2. The van der Waals surface area contributed by atoms with Crippen molar-refractivity contribution in [3.05, 3.63) is 95.0 Å². The van der Waals surface area contributed by atoms with Gasteiger partial charge in [-0.25, -0.2) is 0 Å². The number of halogens is 1. The molecule has 1 saturated heterocycles. The van der Waals surface area contributed by atoms with Gasteiger partial charge in [0.2, 0.25) is 5.91 Å². The SMILES string of the molecule is COC(=O)[C@]12C[C@@H](c3cccc(Cl)c3)N(c3ccccc3)[C@H]1c1ccccc1NC2=O. The Morgan fingerprint density at radius 3 is 2.55 bits per heavy atom. The summed E-state index contributed by atoms with van der Waals surface area (Å²) in [4.78, 5) is 29.0. The first-order valence-corrected chi connectivity index (χ1v) is 10.5. The molecule has 0 radical (unpaired) electrons. The van der Waals surface area contributed by atoms with E-state index in [-0.39, 0.29) is 18.4 Å². The van der Waals surface area contributed by atoms with Crippen molar-refractivity contribution in [1.29, 1.82) is 0 Å². The Morgan fingerprint density at radius 2 is 1.81 bits per heavy atom. The molecule has 1 N–H and O–H groups in total. The van der Waals surface area contributed by atoms with Gasteiger partial charge in [0, 0.05) is 16.4 Å². The minimum Gasteiger partial charge on any atom is -0.468 e. The number of amides is 1. The number of fused-ring (bicyclic) bond motifs is 3. The summed E-state index contributed by atoms with van der Waals surface area (Å²) in [5.41, 5.74) is 2.09. The average Bonchev–Trinajstić information content (AvgIpc) is 3.17. The van der Waals surface area contributed by atoms with Crippen LogP contribution < -0.4 is 10.2 Å². The fourth-order valence-electron chi connectivity index (χ4n) is 5.04. The van der Waals surface area contributed by atoms with Crippen molar-refractivity contribution in [2.45, 2.75) is 18.5 Å². The Labute approximate surface area is 185 Å². The largest absolute Gasteiger partial charge is 0.468 e. The molecule has 3 atom stereocenters. The second kappa shape index (κ2) is 7.43. The Hall–Kier alpha value is -3.31. The third kappa shape index (κ3) is 2.92. The van der Waals surface area contributed by atoms with E-state index < -0.39 is 17.4 Å². The maximum absolute atomic E-state index is 13.5. The van der Waals surface area contributed by atoms with Crippen LogP contribution in [0.4, 0.5) is 11.4 Å². The number of hydrogen-bond acceptors (Lipinski definition) is 4. The second-order valence-corrected chi connectivity index (χ2v) is 8.36. The highest BCUT2D eigenvalue weighted by atomic mass is 35.5. The van der Waals surface area contributed by atoms with Gasteiger partial charge in [-0.05, 0) is 47.9 Å². The number of carbonyl (C=O) groups excluding carboxylic acids is 2. The first-order chi connectivity index (χ1) is 15.1. The molecule has 5 rings (SSSR count). The van der Waals surface area contributed by atoms with E-state index in [9.17, 15) is 9.59 Å². The monoisotopic (exact) mass is 432 g/mol. The molecule has 0 unspecified atom stereocenters. The van der Waals surface area contributed by atoms with Gasteiger partial charge in [0.05, 0.1) is 19.2 Å². The highest BCUT2D eigenvalue weighted by molar-refractivity contribution is 6.30. The highest BCUT2D eigenvalue weighted by Crippen LogP contribution is 2.60. The molecule has 1 fully saturated rings. The maximum atomic E-state index is 13.5. The van der Waals surface area contributed by atoms with Crippen LogP contribution in [0.3, 0.4) is 0 Å². The van der Waals surface area contributed by atoms with Crippen molar-refractivity contribution in [2.75, 3.05) is 17.3 Å². The summed E-state index contributed by atoms with van der Waals surface area (Å²) < 4.78 is 5.22. The van der Waals surface area contributed by atoms with Crippen LogP contribution in [0.15, 0.2) is 78.9 Å². The molecule has 2 heterocycles. The van der Waals surface area contributed by atoms with Crippen molar-refractivity contribution in [2.24, 2.45) is 5.41 Å². The van der Waals surface area contributed by atoms with Crippen LogP contribution >= 0.6 is 11.6 Å². The minimum atomic E-state index is -1.38. The fraction of sp³-hybridized carbons (Fsp3) is 0.200. The number of nitrogens with one attached hydrogen (secondary N) is 1. The molecule has 2 aliphatic rings. The summed E-state index contributed by atoms with van der Waals surface area (Å²) in [6, 6.07) is 24.3. The Kier molecular flexibility index (Phi) is 4.71. The molecule has 5 nitrogen and oxygen atoms in total. The first kappa shape index (κ1) is 19.6. The molecule has 3 aromatic carbocycles. The summed E-state index contributed by atoms with van der Waals surface area (Å²) in [7, 11) is 1.33. The van der Waals surface area contributed by atoms with E-state index in [1.165, 1.54) is 7.11 Å². The quantitative estimate of drug-likeness (QED) is 0.459. The van der Waals surface area contributed by atoms with Crippen LogP contribution in [0.2, 0.25) is 5.02 Å². The summed E-state index contributed by atoms with van der Waals surface area (Å²) in [6.45, 7) is 0. The molecule has 0 bridgehead atoms. The van der Waals surface area contributed by atoms with Gasteiger partial charge in [0.25, 0.3) is 0 Å². The Bertz CT molecular complexity index is 1170. The van der Waals surface area contributed by atoms with Crippen molar-refractivity contribution in [3.8, 4) is 0 Å². The van der Waals surface area contributed by atoms with Crippen molar-refractivity contribution >= 4 is 34.9 Å². The van der Waals surface area contributed by atoms with Crippen molar-refractivity contribution in [1.82, 2.24) is 0 Å². The molecule has 0 aliphatic carbocycles. The number of carbonyl (C=O) groups is 2. The molecule has 0 aromatic heterocycles. The zero-order valence-electron chi connectivity index (χ0n) is 16.9. The van der Waals surface area contributed by atoms with Gasteiger partial charge in [-0.3, -0.25) is 9.59 Å². The standard InChI is InChI=1S/C25H21ClN2O3/c1-31-24(30)25-15-21(16-8-7-9-17(26)14-16)28(18-10-3-2-4-11-18)22(25)19-12-5-6-13-20(19)27-23(25)29/h2-14,21-22H,15H2,1H3,(H,27,29)/t21-,22-,25+/m0/s1. The van der Waals surface area contributed by atoms with Crippen molar-refractivity contribution < 1.29 is 14.3 Å². The number of rotatable bonds is 3. The number of anilines is 2. The van der Waals surface area contributed by atoms with Gasteiger partial charge >= 0.3 is 5.97 Å². The number of esters is 1. The molecule has 0 saturated carbocycles. The normalized spacial score (nSPS) is 24.2. The molecule has 3 aromatic rings. The van der Waals surface area contributed by atoms with E-state index in [1.54, 1.807) is 0 Å². The lowest BCUT2D eigenvalue weighted by Crippen LogP contribution is -2.51. The molecule has 6 heteroatoms. The summed E-state index contributed by atoms with van der Waals surface area (Å²) in [5.74, 6) is -0.872. The Balaban J connectivity index is 1.79. The van der Waals surface area contributed by atoms with E-state index >= 15 is 0 Å². The number of methoxy groups -OCH3 is 1. The maximum Gasteiger partial charge on any atom is 0.324 e. The molecule has 156 valence electrons. The smallest absolute Gasteiger partial charge is 0.324 e. The van der Waals surface area contributed by atoms with Gasteiger partial charge in [-0.15, -0.1) is 0 Å². The van der Waals surface area contributed by atoms with Gasteiger partial charge in [0.15, 0.2) is 5.41 Å². The Morgan fingerprint density at radius 1 is 1.06 bits per heavy atom. The molecule has 31 heavy (non-hydrogen) atoms. The highest BCUT2D eigenvalue weighted by Gasteiger charge is 2.65. The van der Waals surface area contributed by atoms with Crippen LogP contribution in [0.1, 0.15) is 29.6 Å². The van der Waals surface area contributed by atoms with Crippen LogP contribution in [-0.4, -0.2) is 19.0 Å². The summed E-state index contributed by atoms with van der Waals surface area (Å²) in [5, 5.41) is 3.56. The lowest BCUT2D eigenvalue weighted by Gasteiger charge is -2.41. The topological polar surface area (TPSA) is 58.6 Å². The van der Waals surface area contributed by atoms with E-state index in [2.05, 4.69) is 10.2 Å². The van der Waals surface area contributed by atoms with Crippen molar-refractivity contribution in [3.63, 3.8) is 0 Å². The number of ether oxygens (including phenoxy) is 1. The van der Waals surface area contributed by atoms with E-state index in [0.717, 1.165) is 16.8 Å². The van der Waals surface area contributed by atoms with Crippen LogP contribution in [0, 0.1) is 5.41 Å². The predicted octanol–water partition coefficient (Wildman–Crippen LogP) is 5.14. The van der Waals surface area contributed by atoms with Gasteiger partial charge < -0.3 is 15.0 Å². The summed E-state index contributed by atoms with van der Waals surface area (Å²) >= 11 is 6.31. The third-order valence-corrected chi connectivity index (χ3v) is 6.58. The number of hydrogen-bond donors (Lipinski definition) is 1. The zero-order chi connectivity index (χ0) is 21.6. The molecular formula is C25H21ClN2O3. The van der Waals surface area contributed by atoms with Crippen LogP contribution in [0.5, 0.6) is 0 Å². The zero-order valence-corrected chi connectivity index (χ0v) is 17.7. The fourth-order valence-corrected chi connectivity index (χ4v) is 5.24. The second-order valence-electron chi connectivity index (χ2n) is 7.92. The molecule has 0 spiro atoms. The third-order valence-electron chi connectivity index (χ3n) is 6.34. The van der Waals surface area contributed by atoms with Gasteiger partial charge in [-0.2, -0.15) is 0 Å². The number of benzene rings is 3. The van der Waals surface area contributed by atoms with E-state index in [0.29, 0.717) is 10.7 Å². The first-order valence-electron chi connectivity index (χ1n) is 10.1. The minimum absolute atomic E-state index is 0.248. The molecule has 2 aliphatic heterocycles. The molecular weight excluding hydrogens is 412 g/mol.